The van der Waals surface area contributed by atoms with E-state index in [2.05, 4.69) is 11.9 Å². The van der Waals surface area contributed by atoms with Crippen molar-refractivity contribution in [3.8, 4) is 0 Å². The van der Waals surface area contributed by atoms with Crippen molar-refractivity contribution < 1.29 is 13.2 Å². The molecule has 0 unspecified atom stereocenters. The van der Waals surface area contributed by atoms with Gasteiger partial charge in [0.25, 0.3) is 0 Å². The molecule has 0 atom stereocenters. The fourth-order valence-corrected chi connectivity index (χ4v) is 3.27. The van der Waals surface area contributed by atoms with Gasteiger partial charge in [0.1, 0.15) is 0 Å². The second kappa shape index (κ2) is 8.48. The largest absolute Gasteiger partial charge is 0.376 e. The number of benzene rings is 2. The van der Waals surface area contributed by atoms with Crippen LogP contribution in [0.5, 0.6) is 0 Å². The molecule has 0 bridgehead atoms. The maximum atomic E-state index is 12.6. The number of hydrogen-bond acceptors (Lipinski definition) is 4. The van der Waals surface area contributed by atoms with Crippen molar-refractivity contribution in [1.82, 2.24) is 0 Å². The highest BCUT2D eigenvalue weighted by Gasteiger charge is 2.15. The standard InChI is InChI=1S/C19H22N2O3S/c1-3-13-21(17-10-5-4-6-11-17)19(22)14-20-18-12-8-7-9-16(18)15-25(2,23)24/h3-12,20H,1,13-15H2,2H3. The quantitative estimate of drug-likeness (QED) is 0.737. The lowest BCUT2D eigenvalue weighted by molar-refractivity contribution is -0.116. The summed E-state index contributed by atoms with van der Waals surface area (Å²) in [5, 5.41) is 3.05. The van der Waals surface area contributed by atoms with Gasteiger partial charge in [-0.15, -0.1) is 6.58 Å². The average molecular weight is 358 g/mol. The second-order valence-electron chi connectivity index (χ2n) is 5.71. The SMILES string of the molecule is C=CCN(C(=O)CNc1ccccc1CS(C)(=O)=O)c1ccccc1. The van der Waals surface area contributed by atoms with Crippen LogP contribution in [0.2, 0.25) is 0 Å². The zero-order valence-electron chi connectivity index (χ0n) is 14.2. The summed E-state index contributed by atoms with van der Waals surface area (Å²) in [4.78, 5) is 14.2. The third-order valence-corrected chi connectivity index (χ3v) is 4.38. The predicted molar refractivity (Wildman–Crippen MR) is 102 cm³/mol. The Morgan fingerprint density at radius 3 is 2.40 bits per heavy atom. The predicted octanol–water partition coefficient (Wildman–Crippen LogP) is 2.86. The van der Waals surface area contributed by atoms with Crippen LogP contribution in [0.1, 0.15) is 5.56 Å². The Morgan fingerprint density at radius 2 is 1.76 bits per heavy atom. The molecule has 5 nitrogen and oxygen atoms in total. The molecule has 0 heterocycles. The highest BCUT2D eigenvalue weighted by molar-refractivity contribution is 7.89. The number of carbonyl (C=O) groups excluding carboxylic acids is 1. The number of para-hydroxylation sites is 2. The molecule has 2 aromatic carbocycles. The Bertz CT molecular complexity index is 833. The van der Waals surface area contributed by atoms with Crippen LogP contribution < -0.4 is 10.2 Å². The molecule has 0 saturated carbocycles. The van der Waals surface area contributed by atoms with Crippen LogP contribution >= 0.6 is 0 Å². The van der Waals surface area contributed by atoms with Crippen LogP contribution in [-0.2, 0) is 20.4 Å². The van der Waals surface area contributed by atoms with Crippen LogP contribution in [0.3, 0.4) is 0 Å². The van der Waals surface area contributed by atoms with Gasteiger partial charge in [-0.2, -0.15) is 0 Å². The maximum absolute atomic E-state index is 12.6. The monoisotopic (exact) mass is 358 g/mol. The Hall–Kier alpha value is -2.60. The van der Waals surface area contributed by atoms with E-state index in [-0.39, 0.29) is 18.2 Å². The first-order chi connectivity index (χ1) is 11.9. The van der Waals surface area contributed by atoms with Gasteiger partial charge in [-0.05, 0) is 23.8 Å². The molecule has 0 radical (unpaired) electrons. The summed E-state index contributed by atoms with van der Waals surface area (Å²) in [6.45, 7) is 4.16. The van der Waals surface area contributed by atoms with Gasteiger partial charge >= 0.3 is 0 Å². The number of hydrogen-bond donors (Lipinski definition) is 1. The highest BCUT2D eigenvalue weighted by Crippen LogP contribution is 2.18. The summed E-state index contributed by atoms with van der Waals surface area (Å²) >= 11 is 0. The normalized spacial score (nSPS) is 10.9. The van der Waals surface area contributed by atoms with Crippen molar-refractivity contribution in [2.75, 3.05) is 29.6 Å². The highest BCUT2D eigenvalue weighted by atomic mass is 32.2. The lowest BCUT2D eigenvalue weighted by atomic mass is 10.2. The molecule has 0 fully saturated rings. The number of nitrogens with zero attached hydrogens (tertiary/aromatic N) is 1. The van der Waals surface area contributed by atoms with Crippen molar-refractivity contribution >= 4 is 27.1 Å². The van der Waals surface area contributed by atoms with Gasteiger partial charge in [-0.25, -0.2) is 8.42 Å². The Labute approximate surface area is 148 Å². The zero-order valence-corrected chi connectivity index (χ0v) is 15.0. The lowest BCUT2D eigenvalue weighted by Crippen LogP contribution is -2.35. The molecule has 1 N–H and O–H groups in total. The van der Waals surface area contributed by atoms with E-state index in [9.17, 15) is 13.2 Å². The molecule has 6 heteroatoms. The molecular weight excluding hydrogens is 336 g/mol. The fraction of sp³-hybridized carbons (Fsp3) is 0.211. The molecule has 0 aliphatic rings. The summed E-state index contributed by atoms with van der Waals surface area (Å²) < 4.78 is 23.1. The third kappa shape index (κ3) is 5.76. The van der Waals surface area contributed by atoms with Crippen molar-refractivity contribution in [2.45, 2.75) is 5.75 Å². The molecule has 2 aromatic rings. The zero-order chi connectivity index (χ0) is 18.3. The van der Waals surface area contributed by atoms with E-state index in [1.54, 1.807) is 35.2 Å². The van der Waals surface area contributed by atoms with Crippen LogP contribution in [-0.4, -0.2) is 33.7 Å². The minimum absolute atomic E-state index is 0.0590. The molecule has 1 amide bonds. The molecule has 0 saturated heterocycles. The van der Waals surface area contributed by atoms with Crippen molar-refractivity contribution in [2.24, 2.45) is 0 Å². The minimum Gasteiger partial charge on any atom is -0.376 e. The first-order valence-corrected chi connectivity index (χ1v) is 9.92. The van der Waals surface area contributed by atoms with Crippen LogP contribution in [0.15, 0.2) is 67.3 Å². The topological polar surface area (TPSA) is 66.5 Å². The number of nitrogens with one attached hydrogen (secondary N) is 1. The van der Waals surface area contributed by atoms with Crippen molar-refractivity contribution in [3.05, 3.63) is 72.8 Å². The summed E-state index contributed by atoms with van der Waals surface area (Å²) in [6, 6.07) is 16.4. The van der Waals surface area contributed by atoms with E-state index in [1.165, 1.54) is 6.26 Å². The summed E-state index contributed by atoms with van der Waals surface area (Å²) in [5.41, 5.74) is 2.08. The fourth-order valence-electron chi connectivity index (χ4n) is 2.46. The summed E-state index contributed by atoms with van der Waals surface area (Å²) in [5.74, 6) is -0.195. The number of amides is 1. The molecule has 0 aromatic heterocycles. The van der Waals surface area contributed by atoms with Gasteiger partial charge in [0, 0.05) is 24.2 Å². The molecule has 132 valence electrons. The number of sulfone groups is 1. The average Bonchev–Trinajstić information content (AvgIpc) is 2.58. The number of rotatable bonds is 8. The Morgan fingerprint density at radius 1 is 1.12 bits per heavy atom. The lowest BCUT2D eigenvalue weighted by Gasteiger charge is -2.22. The third-order valence-electron chi connectivity index (χ3n) is 3.55. The molecule has 0 aliphatic carbocycles. The van der Waals surface area contributed by atoms with Gasteiger partial charge in [0.2, 0.25) is 5.91 Å². The van der Waals surface area contributed by atoms with Crippen molar-refractivity contribution in [3.63, 3.8) is 0 Å². The number of carbonyl (C=O) groups is 1. The van der Waals surface area contributed by atoms with E-state index in [0.717, 1.165) is 5.69 Å². The Balaban J connectivity index is 2.12. The van der Waals surface area contributed by atoms with Crippen molar-refractivity contribution in [1.29, 1.82) is 0 Å². The van der Waals surface area contributed by atoms with Gasteiger partial charge in [0.15, 0.2) is 9.84 Å². The van der Waals surface area contributed by atoms with Gasteiger partial charge < -0.3 is 10.2 Å². The van der Waals surface area contributed by atoms with Crippen LogP contribution in [0, 0.1) is 0 Å². The van der Waals surface area contributed by atoms with Crippen LogP contribution in [0.25, 0.3) is 0 Å². The van der Waals surface area contributed by atoms with E-state index in [4.69, 9.17) is 0 Å². The van der Waals surface area contributed by atoms with Crippen LogP contribution in [0.4, 0.5) is 11.4 Å². The van der Waals surface area contributed by atoms with E-state index in [1.807, 2.05) is 30.3 Å². The summed E-state index contributed by atoms with van der Waals surface area (Å²) in [6.07, 6.45) is 2.86. The van der Waals surface area contributed by atoms with E-state index in [0.29, 0.717) is 17.8 Å². The van der Waals surface area contributed by atoms with Gasteiger partial charge in [-0.1, -0.05) is 42.5 Å². The molecule has 2 rings (SSSR count). The Kier molecular flexibility index (Phi) is 6.36. The molecular formula is C19H22N2O3S. The summed E-state index contributed by atoms with van der Waals surface area (Å²) in [7, 11) is -3.15. The van der Waals surface area contributed by atoms with E-state index < -0.39 is 9.84 Å². The molecule has 0 aliphatic heterocycles. The first-order valence-electron chi connectivity index (χ1n) is 7.86. The molecule has 25 heavy (non-hydrogen) atoms. The maximum Gasteiger partial charge on any atom is 0.246 e. The minimum atomic E-state index is -3.15. The smallest absolute Gasteiger partial charge is 0.246 e. The van der Waals surface area contributed by atoms with Gasteiger partial charge in [-0.3, -0.25) is 4.79 Å². The van der Waals surface area contributed by atoms with E-state index >= 15 is 0 Å². The second-order valence-corrected chi connectivity index (χ2v) is 7.85. The molecule has 0 spiro atoms. The van der Waals surface area contributed by atoms with Gasteiger partial charge in [0.05, 0.1) is 12.3 Å². The number of anilines is 2. The first kappa shape index (κ1) is 18.7.